The minimum absolute atomic E-state index is 0.317. The van der Waals surface area contributed by atoms with Crippen LogP contribution in [0, 0.1) is 6.92 Å². The molecule has 5 heteroatoms. The van der Waals surface area contributed by atoms with E-state index in [1.54, 1.807) is 12.1 Å². The van der Waals surface area contributed by atoms with Crippen molar-refractivity contribution in [3.8, 4) is 0 Å². The molecular formula is C14H14BrN3O. The third-order valence-corrected chi connectivity index (χ3v) is 3.77. The number of nitrogens with one attached hydrogen (secondary N) is 1. The second-order valence-electron chi connectivity index (χ2n) is 4.17. The summed E-state index contributed by atoms with van der Waals surface area (Å²) in [6, 6.07) is 11.0. The number of anilines is 3. The predicted molar refractivity (Wildman–Crippen MR) is 81.5 cm³/mol. The van der Waals surface area contributed by atoms with Crippen LogP contribution in [0.4, 0.5) is 17.1 Å². The van der Waals surface area contributed by atoms with Gasteiger partial charge >= 0.3 is 0 Å². The molecule has 0 atom stereocenters. The zero-order chi connectivity index (χ0) is 14.0. The number of hydrogen-bond acceptors (Lipinski definition) is 3. The van der Waals surface area contributed by atoms with E-state index in [0.717, 1.165) is 15.7 Å². The number of nitrogen functional groups attached to an aromatic ring is 1. The number of nitrogens with two attached hydrogens (primary N) is 2. The fourth-order valence-electron chi connectivity index (χ4n) is 1.78. The van der Waals surface area contributed by atoms with Crippen molar-refractivity contribution < 1.29 is 4.79 Å². The Morgan fingerprint density at radius 2 is 1.79 bits per heavy atom. The van der Waals surface area contributed by atoms with E-state index in [4.69, 9.17) is 11.5 Å². The summed E-state index contributed by atoms with van der Waals surface area (Å²) in [6.45, 7) is 1.99. The molecule has 0 aromatic heterocycles. The van der Waals surface area contributed by atoms with Crippen LogP contribution in [0.2, 0.25) is 0 Å². The largest absolute Gasteiger partial charge is 0.396 e. The van der Waals surface area contributed by atoms with Gasteiger partial charge in [0.25, 0.3) is 5.91 Å². The Hall–Kier alpha value is -2.01. The molecule has 0 aliphatic heterocycles. The number of benzene rings is 2. The molecule has 0 bridgehead atoms. The van der Waals surface area contributed by atoms with Gasteiger partial charge in [0.15, 0.2) is 0 Å². The highest BCUT2D eigenvalue weighted by atomic mass is 79.9. The van der Waals surface area contributed by atoms with E-state index in [1.165, 1.54) is 0 Å². The molecule has 19 heavy (non-hydrogen) atoms. The number of carbonyl (C=O) groups excluding carboxylic acids is 1. The zero-order valence-corrected chi connectivity index (χ0v) is 12.0. The standard InChI is InChI=1S/C14H14BrN3O/c1-8-10(15)5-3-6-11(8)18-12-7-2-4-9(13(12)16)14(17)19/h2-7,18H,16H2,1H3,(H2,17,19). The van der Waals surface area contributed by atoms with Crippen LogP contribution in [0.25, 0.3) is 0 Å². The van der Waals surface area contributed by atoms with Gasteiger partial charge in [-0.05, 0) is 36.8 Å². The Morgan fingerprint density at radius 1 is 1.16 bits per heavy atom. The molecule has 0 heterocycles. The van der Waals surface area contributed by atoms with Crippen molar-refractivity contribution in [1.82, 2.24) is 0 Å². The Bertz CT molecular complexity index is 641. The van der Waals surface area contributed by atoms with E-state index in [2.05, 4.69) is 21.2 Å². The van der Waals surface area contributed by atoms with Gasteiger partial charge in [0.1, 0.15) is 0 Å². The van der Waals surface area contributed by atoms with E-state index >= 15 is 0 Å². The number of amides is 1. The van der Waals surface area contributed by atoms with Gasteiger partial charge in [-0.1, -0.05) is 28.1 Å². The van der Waals surface area contributed by atoms with Crippen molar-refractivity contribution in [3.63, 3.8) is 0 Å². The number of halogens is 1. The second-order valence-corrected chi connectivity index (χ2v) is 5.02. The molecule has 2 rings (SSSR count). The molecular weight excluding hydrogens is 306 g/mol. The summed E-state index contributed by atoms with van der Waals surface area (Å²) in [7, 11) is 0. The van der Waals surface area contributed by atoms with Crippen molar-refractivity contribution >= 4 is 38.9 Å². The zero-order valence-electron chi connectivity index (χ0n) is 10.4. The van der Waals surface area contributed by atoms with Crippen LogP contribution in [0.3, 0.4) is 0 Å². The molecule has 2 aromatic rings. The Kier molecular flexibility index (Phi) is 3.76. The van der Waals surface area contributed by atoms with Crippen molar-refractivity contribution in [2.45, 2.75) is 6.92 Å². The lowest BCUT2D eigenvalue weighted by atomic mass is 10.1. The van der Waals surface area contributed by atoms with Crippen molar-refractivity contribution in [2.24, 2.45) is 5.73 Å². The number of hydrogen-bond donors (Lipinski definition) is 3. The van der Waals surface area contributed by atoms with Gasteiger partial charge in [0.05, 0.1) is 16.9 Å². The molecule has 1 amide bonds. The minimum Gasteiger partial charge on any atom is -0.396 e. The topological polar surface area (TPSA) is 81.1 Å². The molecule has 0 radical (unpaired) electrons. The maximum atomic E-state index is 11.3. The van der Waals surface area contributed by atoms with Crippen molar-refractivity contribution in [3.05, 3.63) is 52.0 Å². The first kappa shape index (κ1) is 13.4. The molecule has 4 nitrogen and oxygen atoms in total. The molecule has 0 saturated carbocycles. The lowest BCUT2D eigenvalue weighted by molar-refractivity contribution is 0.100. The maximum Gasteiger partial charge on any atom is 0.250 e. The summed E-state index contributed by atoms with van der Waals surface area (Å²) < 4.78 is 1.00. The maximum absolute atomic E-state index is 11.3. The fraction of sp³-hybridized carbons (Fsp3) is 0.0714. The summed E-state index contributed by atoms with van der Waals surface area (Å²) in [5.74, 6) is -0.535. The first-order valence-corrected chi connectivity index (χ1v) is 6.50. The molecule has 0 saturated heterocycles. The van der Waals surface area contributed by atoms with Gasteiger partial charge in [-0.2, -0.15) is 0 Å². The predicted octanol–water partition coefficient (Wildman–Crippen LogP) is 3.18. The molecule has 5 N–H and O–H groups in total. The van der Waals surface area contributed by atoms with E-state index in [0.29, 0.717) is 16.9 Å². The number of rotatable bonds is 3. The minimum atomic E-state index is -0.535. The SMILES string of the molecule is Cc1c(Br)cccc1Nc1cccc(C(N)=O)c1N. The van der Waals surface area contributed by atoms with Crippen LogP contribution in [0.15, 0.2) is 40.9 Å². The quantitative estimate of drug-likeness (QED) is 0.760. The normalized spacial score (nSPS) is 10.2. The number of carbonyl (C=O) groups is 1. The fourth-order valence-corrected chi connectivity index (χ4v) is 2.14. The Labute approximate surface area is 119 Å². The average molecular weight is 320 g/mol. The second kappa shape index (κ2) is 5.32. The third-order valence-electron chi connectivity index (χ3n) is 2.91. The van der Waals surface area contributed by atoms with Crippen LogP contribution in [0.1, 0.15) is 15.9 Å². The first-order valence-electron chi connectivity index (χ1n) is 5.71. The van der Waals surface area contributed by atoms with Crippen LogP contribution in [0.5, 0.6) is 0 Å². The first-order chi connectivity index (χ1) is 9.00. The van der Waals surface area contributed by atoms with Gasteiger partial charge in [-0.15, -0.1) is 0 Å². The summed E-state index contributed by atoms with van der Waals surface area (Å²) in [5, 5.41) is 3.21. The van der Waals surface area contributed by atoms with E-state index in [1.807, 2.05) is 31.2 Å². The molecule has 0 fully saturated rings. The monoisotopic (exact) mass is 319 g/mol. The number of para-hydroxylation sites is 1. The molecule has 2 aromatic carbocycles. The van der Waals surface area contributed by atoms with Gasteiger partial charge in [-0.25, -0.2) is 0 Å². The van der Waals surface area contributed by atoms with Crippen molar-refractivity contribution in [2.75, 3.05) is 11.1 Å². The molecule has 0 unspecified atom stereocenters. The Morgan fingerprint density at radius 3 is 2.47 bits per heavy atom. The van der Waals surface area contributed by atoms with Crippen LogP contribution in [-0.4, -0.2) is 5.91 Å². The smallest absolute Gasteiger partial charge is 0.250 e. The molecule has 0 aliphatic rings. The van der Waals surface area contributed by atoms with Gasteiger partial charge in [0, 0.05) is 10.2 Å². The summed E-state index contributed by atoms with van der Waals surface area (Å²) in [4.78, 5) is 11.3. The van der Waals surface area contributed by atoms with E-state index < -0.39 is 5.91 Å². The summed E-state index contributed by atoms with van der Waals surface area (Å²) >= 11 is 3.47. The van der Waals surface area contributed by atoms with Gasteiger partial charge in [0.2, 0.25) is 0 Å². The lowest BCUT2D eigenvalue weighted by Crippen LogP contribution is -2.14. The Balaban J connectivity index is 2.42. The molecule has 0 spiro atoms. The van der Waals surface area contributed by atoms with Crippen LogP contribution < -0.4 is 16.8 Å². The van der Waals surface area contributed by atoms with Crippen molar-refractivity contribution in [1.29, 1.82) is 0 Å². The van der Waals surface area contributed by atoms with Crippen LogP contribution in [-0.2, 0) is 0 Å². The van der Waals surface area contributed by atoms with Gasteiger partial charge in [-0.3, -0.25) is 4.79 Å². The molecule has 98 valence electrons. The van der Waals surface area contributed by atoms with E-state index in [-0.39, 0.29) is 0 Å². The third kappa shape index (κ3) is 2.71. The van der Waals surface area contributed by atoms with Crippen LogP contribution >= 0.6 is 15.9 Å². The van der Waals surface area contributed by atoms with E-state index in [9.17, 15) is 4.79 Å². The summed E-state index contributed by atoms with van der Waals surface area (Å²) in [6.07, 6.45) is 0. The average Bonchev–Trinajstić information content (AvgIpc) is 2.37. The molecule has 0 aliphatic carbocycles. The highest BCUT2D eigenvalue weighted by molar-refractivity contribution is 9.10. The van der Waals surface area contributed by atoms with Gasteiger partial charge < -0.3 is 16.8 Å². The summed E-state index contributed by atoms with van der Waals surface area (Å²) in [5.41, 5.74) is 14.5. The highest BCUT2D eigenvalue weighted by Crippen LogP contribution is 2.30. The lowest BCUT2D eigenvalue weighted by Gasteiger charge is -2.14. The number of primary amides is 1. The highest BCUT2D eigenvalue weighted by Gasteiger charge is 2.10.